The van der Waals surface area contributed by atoms with Crippen LogP contribution in [0.3, 0.4) is 0 Å². The molecule has 0 radical (unpaired) electrons. The van der Waals surface area contributed by atoms with Crippen molar-refractivity contribution < 1.29 is 32.6 Å². The lowest BCUT2D eigenvalue weighted by atomic mass is 9.77. The fourth-order valence-corrected chi connectivity index (χ4v) is 4.28. The van der Waals surface area contributed by atoms with Crippen LogP contribution < -0.4 is 0 Å². The van der Waals surface area contributed by atoms with Crippen LogP contribution in [0.2, 0.25) is 0 Å². The van der Waals surface area contributed by atoms with Gasteiger partial charge in [-0.15, -0.1) is 11.3 Å². The summed E-state index contributed by atoms with van der Waals surface area (Å²) >= 11 is 1.82. The average Bonchev–Trinajstić information content (AvgIpc) is 3.25. The first-order chi connectivity index (χ1) is 13.2. The summed E-state index contributed by atoms with van der Waals surface area (Å²) < 4.78 is 36.8. The number of carbonyl (C=O) groups is 2. The summed E-state index contributed by atoms with van der Waals surface area (Å²) in [7, 11) is 1.69. The van der Waals surface area contributed by atoms with Crippen LogP contribution in [0.15, 0.2) is 17.5 Å². The molecule has 3 heterocycles. The number of hydrogen-bond donors (Lipinski definition) is 1. The van der Waals surface area contributed by atoms with Crippen LogP contribution in [0.1, 0.15) is 24.1 Å². The lowest BCUT2D eigenvalue weighted by Crippen LogP contribution is -2.44. The van der Waals surface area contributed by atoms with Crippen LogP contribution >= 0.6 is 11.3 Å². The van der Waals surface area contributed by atoms with E-state index in [0.717, 1.165) is 52.0 Å². The quantitative estimate of drug-likeness (QED) is 0.790. The van der Waals surface area contributed by atoms with Crippen molar-refractivity contribution in [2.24, 2.45) is 5.41 Å². The number of methoxy groups -OCH3 is 1. The van der Waals surface area contributed by atoms with Crippen molar-refractivity contribution in [3.63, 3.8) is 0 Å². The Morgan fingerprint density at radius 2 is 1.89 bits per heavy atom. The van der Waals surface area contributed by atoms with Crippen LogP contribution in [0, 0.1) is 5.41 Å². The van der Waals surface area contributed by atoms with Gasteiger partial charge in [-0.3, -0.25) is 9.69 Å². The second kappa shape index (κ2) is 9.71. The zero-order valence-corrected chi connectivity index (χ0v) is 16.5. The normalized spacial score (nSPS) is 19.6. The predicted molar refractivity (Wildman–Crippen MR) is 98.0 cm³/mol. The SMILES string of the molecule is COCCN1CCC2(CCN(Cc3cccs3)CC2)C1=O.O=C(O)C(F)(F)F. The molecule has 10 heteroatoms. The molecule has 0 unspecified atom stereocenters. The number of carboxylic acids is 1. The van der Waals surface area contributed by atoms with E-state index in [4.69, 9.17) is 14.6 Å². The molecule has 1 aromatic heterocycles. The molecule has 6 nitrogen and oxygen atoms in total. The topological polar surface area (TPSA) is 70.1 Å². The van der Waals surface area contributed by atoms with E-state index in [2.05, 4.69) is 22.4 Å². The minimum Gasteiger partial charge on any atom is -0.475 e. The van der Waals surface area contributed by atoms with Crippen molar-refractivity contribution in [1.82, 2.24) is 9.80 Å². The van der Waals surface area contributed by atoms with Crippen LogP contribution in [-0.2, 0) is 20.9 Å². The van der Waals surface area contributed by atoms with E-state index in [1.165, 1.54) is 4.88 Å². The molecule has 1 spiro atoms. The molecule has 2 aliphatic rings. The third-order valence-electron chi connectivity index (χ3n) is 5.18. The molecule has 1 N–H and O–H groups in total. The average molecular weight is 422 g/mol. The highest BCUT2D eigenvalue weighted by Crippen LogP contribution is 2.41. The van der Waals surface area contributed by atoms with E-state index in [1.54, 1.807) is 7.11 Å². The minimum atomic E-state index is -5.08. The lowest BCUT2D eigenvalue weighted by molar-refractivity contribution is -0.192. The standard InChI is InChI=1S/C16H24N2O2S.C2HF3O2/c1-20-11-10-18-9-6-16(15(18)19)4-7-17(8-5-16)13-14-3-2-12-21-14;3-2(4,5)1(6)7/h2-3,12H,4-11,13H2,1H3;(H,6,7). The Bertz CT molecular complexity index is 644. The van der Waals surface area contributed by atoms with Crippen LogP contribution in [0.25, 0.3) is 0 Å². The summed E-state index contributed by atoms with van der Waals surface area (Å²) in [5, 5.41) is 9.26. The van der Waals surface area contributed by atoms with Crippen LogP contribution in [0.4, 0.5) is 13.2 Å². The summed E-state index contributed by atoms with van der Waals surface area (Å²) in [5.74, 6) is -2.39. The van der Waals surface area contributed by atoms with Crippen molar-refractivity contribution in [2.45, 2.75) is 32.0 Å². The number of piperidine rings is 1. The summed E-state index contributed by atoms with van der Waals surface area (Å²) in [6.07, 6.45) is -2.02. The Balaban J connectivity index is 0.000000345. The minimum absolute atomic E-state index is 0.0698. The molecule has 0 saturated carbocycles. The van der Waals surface area contributed by atoms with Gasteiger partial charge in [0, 0.05) is 31.6 Å². The van der Waals surface area contributed by atoms with E-state index in [0.29, 0.717) is 12.5 Å². The van der Waals surface area contributed by atoms with Gasteiger partial charge in [0.1, 0.15) is 0 Å². The van der Waals surface area contributed by atoms with Gasteiger partial charge >= 0.3 is 12.1 Å². The first-order valence-electron chi connectivity index (χ1n) is 9.01. The Morgan fingerprint density at radius 1 is 1.29 bits per heavy atom. The van der Waals surface area contributed by atoms with Crippen molar-refractivity contribution in [3.05, 3.63) is 22.4 Å². The lowest BCUT2D eigenvalue weighted by Gasteiger charge is -2.37. The number of rotatable bonds is 5. The molecule has 0 atom stereocenters. The van der Waals surface area contributed by atoms with Crippen LogP contribution in [0.5, 0.6) is 0 Å². The number of amides is 1. The maximum absolute atomic E-state index is 12.7. The fraction of sp³-hybridized carbons (Fsp3) is 0.667. The number of ether oxygens (including phenoxy) is 1. The molecule has 0 aliphatic carbocycles. The van der Waals surface area contributed by atoms with E-state index in [1.807, 2.05) is 16.2 Å². The van der Waals surface area contributed by atoms with Crippen molar-refractivity contribution in [2.75, 3.05) is 39.9 Å². The molecule has 2 aliphatic heterocycles. The highest BCUT2D eigenvalue weighted by Gasteiger charge is 2.47. The van der Waals surface area contributed by atoms with Gasteiger partial charge in [-0.1, -0.05) is 6.07 Å². The summed E-state index contributed by atoms with van der Waals surface area (Å²) in [5.41, 5.74) is -0.0698. The molecule has 3 rings (SSSR count). The van der Waals surface area contributed by atoms with Gasteiger partial charge in [0.2, 0.25) is 5.91 Å². The highest BCUT2D eigenvalue weighted by atomic mass is 32.1. The molecule has 2 fully saturated rings. The Kier molecular flexibility index (Phi) is 7.85. The number of thiophene rings is 1. The monoisotopic (exact) mass is 422 g/mol. The van der Waals surface area contributed by atoms with Crippen molar-refractivity contribution >= 4 is 23.2 Å². The molecule has 0 aromatic carbocycles. The highest BCUT2D eigenvalue weighted by molar-refractivity contribution is 7.09. The molecular formula is C18H25F3N2O4S. The molecular weight excluding hydrogens is 397 g/mol. The number of aliphatic carboxylic acids is 1. The van der Waals surface area contributed by atoms with Gasteiger partial charge in [0.15, 0.2) is 0 Å². The summed E-state index contributed by atoms with van der Waals surface area (Å²) in [6.45, 7) is 5.42. The molecule has 158 valence electrons. The molecule has 28 heavy (non-hydrogen) atoms. The number of carbonyl (C=O) groups excluding carboxylic acids is 1. The molecule has 1 amide bonds. The number of carboxylic acid groups (broad SMARTS) is 1. The Hall–Kier alpha value is -1.65. The third kappa shape index (κ3) is 5.92. The maximum Gasteiger partial charge on any atom is 0.490 e. The zero-order valence-electron chi connectivity index (χ0n) is 15.7. The second-order valence-electron chi connectivity index (χ2n) is 6.97. The van der Waals surface area contributed by atoms with E-state index in [9.17, 15) is 18.0 Å². The van der Waals surface area contributed by atoms with Gasteiger partial charge in [-0.25, -0.2) is 4.79 Å². The molecule has 0 bridgehead atoms. The van der Waals surface area contributed by atoms with Crippen molar-refractivity contribution in [1.29, 1.82) is 0 Å². The van der Waals surface area contributed by atoms with Gasteiger partial charge in [0.05, 0.1) is 12.0 Å². The predicted octanol–water partition coefficient (Wildman–Crippen LogP) is 2.84. The zero-order chi connectivity index (χ0) is 20.8. The summed E-state index contributed by atoms with van der Waals surface area (Å²) in [4.78, 5) is 27.5. The fourth-order valence-electron chi connectivity index (χ4n) is 3.53. The number of hydrogen-bond acceptors (Lipinski definition) is 5. The van der Waals surface area contributed by atoms with Gasteiger partial charge in [0.25, 0.3) is 0 Å². The Labute approximate surface area is 165 Å². The van der Waals surface area contributed by atoms with Gasteiger partial charge in [-0.05, 0) is 43.8 Å². The molecule has 1 aromatic rings. The van der Waals surface area contributed by atoms with Gasteiger partial charge in [-0.2, -0.15) is 13.2 Å². The number of alkyl halides is 3. The third-order valence-corrected chi connectivity index (χ3v) is 6.04. The first kappa shape index (κ1) is 22.6. The summed E-state index contributed by atoms with van der Waals surface area (Å²) in [6, 6.07) is 4.31. The smallest absolute Gasteiger partial charge is 0.475 e. The second-order valence-corrected chi connectivity index (χ2v) is 8.01. The largest absolute Gasteiger partial charge is 0.490 e. The first-order valence-corrected chi connectivity index (χ1v) is 9.89. The van der Waals surface area contributed by atoms with E-state index in [-0.39, 0.29) is 5.41 Å². The van der Waals surface area contributed by atoms with E-state index >= 15 is 0 Å². The van der Waals surface area contributed by atoms with Crippen molar-refractivity contribution in [3.8, 4) is 0 Å². The maximum atomic E-state index is 12.7. The Morgan fingerprint density at radius 3 is 2.39 bits per heavy atom. The number of nitrogens with zero attached hydrogens (tertiary/aromatic N) is 2. The van der Waals surface area contributed by atoms with Crippen LogP contribution in [-0.4, -0.2) is 72.9 Å². The molecule has 2 saturated heterocycles. The van der Waals surface area contributed by atoms with Gasteiger partial charge < -0.3 is 14.7 Å². The number of halogens is 3. The number of likely N-dealkylation sites (tertiary alicyclic amines) is 2. The van der Waals surface area contributed by atoms with E-state index < -0.39 is 12.1 Å².